The van der Waals surface area contributed by atoms with Crippen molar-refractivity contribution in [2.45, 2.75) is 71.0 Å². The van der Waals surface area contributed by atoms with Crippen molar-refractivity contribution >= 4 is 18.6 Å². The van der Waals surface area contributed by atoms with Crippen LogP contribution in [0.5, 0.6) is 0 Å². The first-order chi connectivity index (χ1) is 12.7. The fourth-order valence-corrected chi connectivity index (χ4v) is 3.75. The highest BCUT2D eigenvalue weighted by Gasteiger charge is 2.52. The van der Waals surface area contributed by atoms with Gasteiger partial charge in [-0.2, -0.15) is 0 Å². The Bertz CT molecular complexity index is 684. The average molecular weight is 370 g/mol. The lowest BCUT2D eigenvalue weighted by Crippen LogP contribution is -2.41. The number of allylic oxidation sites excluding steroid dienone is 1. The van der Waals surface area contributed by atoms with Gasteiger partial charge in [0.15, 0.2) is 0 Å². The third kappa shape index (κ3) is 4.30. The van der Waals surface area contributed by atoms with Gasteiger partial charge in [-0.3, -0.25) is 0 Å². The molecule has 1 saturated carbocycles. The minimum Gasteiger partial charge on any atom is -0.465 e. The molecule has 3 rings (SSSR count). The third-order valence-corrected chi connectivity index (χ3v) is 6.21. The van der Waals surface area contributed by atoms with Crippen LogP contribution in [0.4, 0.5) is 0 Å². The Hall–Kier alpha value is -1.59. The number of benzene rings is 1. The van der Waals surface area contributed by atoms with Crippen molar-refractivity contribution in [2.75, 3.05) is 7.11 Å². The smallest absolute Gasteiger partial charge is 0.465 e. The van der Waals surface area contributed by atoms with E-state index in [9.17, 15) is 4.79 Å². The van der Waals surface area contributed by atoms with Crippen LogP contribution >= 0.6 is 0 Å². The summed E-state index contributed by atoms with van der Waals surface area (Å²) in [7, 11) is 0.996. The lowest BCUT2D eigenvalue weighted by Gasteiger charge is -2.32. The molecule has 1 aromatic carbocycles. The van der Waals surface area contributed by atoms with Gasteiger partial charge in [0.1, 0.15) is 0 Å². The van der Waals surface area contributed by atoms with Crippen molar-refractivity contribution in [3.63, 3.8) is 0 Å². The molecule has 0 radical (unpaired) electrons. The van der Waals surface area contributed by atoms with Crippen LogP contribution in [0.1, 0.15) is 75.7 Å². The van der Waals surface area contributed by atoms with Crippen LogP contribution in [0.2, 0.25) is 0 Å². The normalized spacial score (nSPS) is 22.7. The number of methoxy groups -OCH3 is 1. The number of hydrogen-bond acceptors (Lipinski definition) is 4. The molecule has 2 aliphatic rings. The van der Waals surface area contributed by atoms with Gasteiger partial charge in [0, 0.05) is 0 Å². The molecule has 0 N–H and O–H groups in total. The van der Waals surface area contributed by atoms with Crippen LogP contribution in [-0.4, -0.2) is 31.4 Å². The number of carbonyl (C=O) groups excluding carboxylic acids is 1. The van der Waals surface area contributed by atoms with Crippen molar-refractivity contribution in [1.29, 1.82) is 0 Å². The minimum atomic E-state index is -0.402. The van der Waals surface area contributed by atoms with Gasteiger partial charge >= 0.3 is 13.1 Å². The Morgan fingerprint density at radius 2 is 1.52 bits per heavy atom. The highest BCUT2D eigenvalue weighted by atomic mass is 16.7. The topological polar surface area (TPSA) is 44.8 Å². The molecule has 1 aliphatic carbocycles. The molecule has 0 aromatic heterocycles. The quantitative estimate of drug-likeness (QED) is 0.548. The largest absolute Gasteiger partial charge is 0.495 e. The first-order valence-corrected chi connectivity index (χ1v) is 9.99. The second-order valence-electron chi connectivity index (χ2n) is 8.68. The summed E-state index contributed by atoms with van der Waals surface area (Å²) in [5.74, 6) is 0.225. The predicted octanol–water partition coefficient (Wildman–Crippen LogP) is 5.07. The Labute approximate surface area is 163 Å². The van der Waals surface area contributed by atoms with E-state index in [1.165, 1.54) is 39.2 Å². The molecule has 0 unspecified atom stereocenters. The monoisotopic (exact) mass is 370 g/mol. The molecule has 5 heteroatoms. The maximum atomic E-state index is 11.8. The SMILES string of the molecule is COC(=O)c1ccc(/C(=C\C2CCCCC2)B2OC(C)(C)C(C)(C)O2)cc1. The molecule has 2 fully saturated rings. The number of esters is 1. The van der Waals surface area contributed by atoms with Crippen molar-refractivity contribution in [2.24, 2.45) is 5.92 Å². The summed E-state index contributed by atoms with van der Waals surface area (Å²) in [5, 5.41) is 0. The van der Waals surface area contributed by atoms with E-state index in [0.29, 0.717) is 11.5 Å². The number of carbonyl (C=O) groups is 1. The van der Waals surface area contributed by atoms with Crippen LogP contribution in [0.25, 0.3) is 5.47 Å². The maximum Gasteiger partial charge on any atom is 0.495 e. The zero-order valence-corrected chi connectivity index (χ0v) is 17.2. The summed E-state index contributed by atoms with van der Waals surface area (Å²) in [6.45, 7) is 8.30. The number of ether oxygens (including phenoxy) is 1. The van der Waals surface area contributed by atoms with Gasteiger partial charge in [0.2, 0.25) is 0 Å². The highest BCUT2D eigenvalue weighted by Crippen LogP contribution is 2.41. The van der Waals surface area contributed by atoms with E-state index in [4.69, 9.17) is 14.0 Å². The highest BCUT2D eigenvalue weighted by molar-refractivity contribution is 6.68. The zero-order valence-electron chi connectivity index (χ0n) is 17.2. The van der Waals surface area contributed by atoms with Crippen molar-refractivity contribution in [3.05, 3.63) is 41.5 Å². The lowest BCUT2D eigenvalue weighted by molar-refractivity contribution is 0.00578. The van der Waals surface area contributed by atoms with Gasteiger partial charge in [-0.25, -0.2) is 4.79 Å². The molecular formula is C22H31BO4. The molecule has 4 nitrogen and oxygen atoms in total. The summed E-state index contributed by atoms with van der Waals surface area (Å²) in [6, 6.07) is 7.54. The van der Waals surface area contributed by atoms with Gasteiger partial charge in [-0.15, -0.1) is 0 Å². The van der Waals surface area contributed by atoms with E-state index in [2.05, 4.69) is 33.8 Å². The second kappa shape index (κ2) is 7.80. The Balaban J connectivity index is 1.93. The van der Waals surface area contributed by atoms with Crippen molar-refractivity contribution < 1.29 is 18.8 Å². The summed E-state index contributed by atoms with van der Waals surface area (Å²) >= 11 is 0. The Morgan fingerprint density at radius 1 is 1.00 bits per heavy atom. The Kier molecular flexibility index (Phi) is 5.83. The zero-order chi connectivity index (χ0) is 19.7. The molecule has 0 bridgehead atoms. The average Bonchev–Trinajstić information content (AvgIpc) is 2.87. The van der Waals surface area contributed by atoms with Gasteiger partial charge in [-0.1, -0.05) is 37.5 Å². The van der Waals surface area contributed by atoms with E-state index in [1.807, 2.05) is 12.1 Å². The molecule has 27 heavy (non-hydrogen) atoms. The summed E-state index contributed by atoms with van der Waals surface area (Å²) in [6.07, 6.45) is 8.64. The molecule has 0 amide bonds. The predicted molar refractivity (Wildman–Crippen MR) is 108 cm³/mol. The van der Waals surface area contributed by atoms with Crippen LogP contribution in [0, 0.1) is 5.92 Å². The van der Waals surface area contributed by atoms with E-state index in [-0.39, 0.29) is 17.2 Å². The molecular weight excluding hydrogens is 339 g/mol. The van der Waals surface area contributed by atoms with Gasteiger partial charge in [0.05, 0.1) is 23.9 Å². The van der Waals surface area contributed by atoms with Gasteiger partial charge in [-0.05, 0) is 69.6 Å². The second-order valence-corrected chi connectivity index (χ2v) is 8.68. The van der Waals surface area contributed by atoms with Crippen LogP contribution < -0.4 is 0 Å². The number of hydrogen-bond donors (Lipinski definition) is 0. The molecule has 1 heterocycles. The van der Waals surface area contributed by atoms with Crippen molar-refractivity contribution in [3.8, 4) is 0 Å². The molecule has 1 aromatic rings. The molecule has 146 valence electrons. The summed E-state index contributed by atoms with van der Waals surface area (Å²) in [5.41, 5.74) is 1.89. The first-order valence-electron chi connectivity index (χ1n) is 9.99. The first kappa shape index (κ1) is 20.2. The van der Waals surface area contributed by atoms with Crippen LogP contribution in [0.3, 0.4) is 0 Å². The molecule has 1 aliphatic heterocycles. The standard InChI is InChI=1S/C22H31BO4/c1-21(2)22(3,4)27-23(26-21)19(15-16-9-7-6-8-10-16)17-11-13-18(14-12-17)20(24)25-5/h11-16H,6-10H2,1-5H3/b19-15+. The van der Waals surface area contributed by atoms with Gasteiger partial charge in [0.25, 0.3) is 0 Å². The maximum absolute atomic E-state index is 11.8. The van der Waals surface area contributed by atoms with E-state index in [0.717, 1.165) is 11.0 Å². The molecule has 0 spiro atoms. The van der Waals surface area contributed by atoms with Gasteiger partial charge < -0.3 is 14.0 Å². The fourth-order valence-electron chi connectivity index (χ4n) is 3.75. The fraction of sp³-hybridized carbons (Fsp3) is 0.591. The Morgan fingerprint density at radius 3 is 2.04 bits per heavy atom. The van der Waals surface area contributed by atoms with Crippen molar-refractivity contribution in [1.82, 2.24) is 0 Å². The van der Waals surface area contributed by atoms with E-state index in [1.54, 1.807) is 12.1 Å². The van der Waals surface area contributed by atoms with E-state index < -0.39 is 7.12 Å². The molecule has 1 saturated heterocycles. The third-order valence-electron chi connectivity index (χ3n) is 6.21. The summed E-state index contributed by atoms with van der Waals surface area (Å²) in [4.78, 5) is 11.8. The number of rotatable bonds is 4. The van der Waals surface area contributed by atoms with Crippen LogP contribution in [-0.2, 0) is 14.0 Å². The summed E-state index contributed by atoms with van der Waals surface area (Å²) < 4.78 is 17.5. The minimum absolute atomic E-state index is 0.324. The molecule has 0 atom stereocenters. The van der Waals surface area contributed by atoms with Crippen LogP contribution in [0.15, 0.2) is 30.3 Å². The lowest BCUT2D eigenvalue weighted by atomic mass is 9.71. The van der Waals surface area contributed by atoms with E-state index >= 15 is 0 Å².